The normalized spacial score (nSPS) is 17.5. The molecule has 4 rings (SSSR count). The van der Waals surface area contributed by atoms with Gasteiger partial charge in [0.25, 0.3) is 0 Å². The van der Waals surface area contributed by atoms with Crippen molar-refractivity contribution < 1.29 is 22.7 Å². The number of nitrogens with zero attached hydrogens (tertiary/aromatic N) is 6. The van der Waals surface area contributed by atoms with Crippen molar-refractivity contribution in [1.29, 1.82) is 0 Å². The summed E-state index contributed by atoms with van der Waals surface area (Å²) in [4.78, 5) is 29.9. The van der Waals surface area contributed by atoms with E-state index < -0.39 is 17.8 Å². The third-order valence-electron chi connectivity index (χ3n) is 4.74. The van der Waals surface area contributed by atoms with Crippen molar-refractivity contribution in [1.82, 2.24) is 24.5 Å². The molecule has 0 radical (unpaired) electrons. The number of carbonyl (C=O) groups is 1. The van der Waals surface area contributed by atoms with Crippen molar-refractivity contribution in [3.8, 4) is 5.69 Å². The molecule has 12 heteroatoms. The van der Waals surface area contributed by atoms with E-state index in [9.17, 15) is 18.0 Å². The molecule has 31 heavy (non-hydrogen) atoms. The van der Waals surface area contributed by atoms with Gasteiger partial charge in [0.15, 0.2) is 0 Å². The molecule has 0 aliphatic carbocycles. The molecule has 0 saturated carbocycles. The van der Waals surface area contributed by atoms with Gasteiger partial charge in [-0.2, -0.15) is 18.2 Å². The summed E-state index contributed by atoms with van der Waals surface area (Å²) in [5.74, 6) is 0.420. The Morgan fingerprint density at radius 3 is 2.58 bits per heavy atom. The number of aromatic nitrogens is 5. The van der Waals surface area contributed by atoms with E-state index in [-0.39, 0.29) is 30.6 Å². The SMILES string of the molecule is C[C@H](Nc1ncnc(N2C(=O)OC[C@@H]2C)n1)c1cn(-c2ccc(C(F)(F)F)cc2)cn1. The van der Waals surface area contributed by atoms with E-state index in [0.29, 0.717) is 11.4 Å². The number of anilines is 2. The Hall–Kier alpha value is -3.70. The van der Waals surface area contributed by atoms with E-state index in [0.717, 1.165) is 12.1 Å². The second-order valence-corrected chi connectivity index (χ2v) is 7.02. The van der Waals surface area contributed by atoms with Crippen LogP contribution in [0.3, 0.4) is 0 Å². The number of carbonyl (C=O) groups excluding carboxylic acids is 1. The average Bonchev–Trinajstić information content (AvgIpc) is 3.35. The number of halogens is 3. The lowest BCUT2D eigenvalue weighted by molar-refractivity contribution is -0.137. The predicted octanol–water partition coefficient (Wildman–Crippen LogP) is 3.59. The van der Waals surface area contributed by atoms with Crippen molar-refractivity contribution in [2.24, 2.45) is 0 Å². The minimum atomic E-state index is -4.38. The molecule has 1 aliphatic rings. The van der Waals surface area contributed by atoms with Crippen LogP contribution in [0.1, 0.15) is 31.1 Å². The summed E-state index contributed by atoms with van der Waals surface area (Å²) in [6, 6.07) is 4.27. The van der Waals surface area contributed by atoms with Crippen molar-refractivity contribution in [3.05, 3.63) is 54.4 Å². The largest absolute Gasteiger partial charge is 0.447 e. The van der Waals surface area contributed by atoms with Gasteiger partial charge in [0.05, 0.1) is 29.7 Å². The molecule has 0 unspecified atom stereocenters. The lowest BCUT2D eigenvalue weighted by Gasteiger charge is -2.17. The molecule has 1 aliphatic heterocycles. The molecule has 3 aromatic rings. The Morgan fingerprint density at radius 2 is 1.94 bits per heavy atom. The standard InChI is InChI=1S/C19H18F3N7O2/c1-11-8-31-18(30)29(11)17-24-9-23-16(27-17)26-12(2)15-7-28(10-25-15)14-5-3-13(4-6-14)19(20,21)22/h3-7,9-12H,8H2,1-2H3,(H,23,24,26,27)/t11-,12-/m0/s1. The van der Waals surface area contributed by atoms with Gasteiger partial charge in [-0.3, -0.25) is 0 Å². The quantitative estimate of drug-likeness (QED) is 0.657. The summed E-state index contributed by atoms with van der Waals surface area (Å²) in [5, 5.41) is 3.08. The highest BCUT2D eigenvalue weighted by Gasteiger charge is 2.33. The van der Waals surface area contributed by atoms with Gasteiger partial charge in [-0.25, -0.2) is 24.6 Å². The Labute approximate surface area is 174 Å². The molecule has 9 nitrogen and oxygen atoms in total. The topological polar surface area (TPSA) is 98.1 Å². The van der Waals surface area contributed by atoms with Gasteiger partial charge in [-0.1, -0.05) is 0 Å². The molecule has 1 amide bonds. The first kappa shape index (κ1) is 20.6. The van der Waals surface area contributed by atoms with Crippen LogP contribution in [0.2, 0.25) is 0 Å². The minimum Gasteiger partial charge on any atom is -0.447 e. The van der Waals surface area contributed by atoms with E-state index >= 15 is 0 Å². The predicted molar refractivity (Wildman–Crippen MR) is 104 cm³/mol. The highest BCUT2D eigenvalue weighted by molar-refractivity contribution is 5.88. The van der Waals surface area contributed by atoms with Crippen molar-refractivity contribution in [3.63, 3.8) is 0 Å². The molecular weight excluding hydrogens is 415 g/mol. The number of alkyl halides is 3. The first-order chi connectivity index (χ1) is 14.7. The number of hydrogen-bond acceptors (Lipinski definition) is 7. The molecule has 0 spiro atoms. The highest BCUT2D eigenvalue weighted by Crippen LogP contribution is 2.29. The lowest BCUT2D eigenvalue weighted by Crippen LogP contribution is -2.32. The van der Waals surface area contributed by atoms with E-state index in [1.54, 1.807) is 10.8 Å². The molecule has 0 bridgehead atoms. The summed E-state index contributed by atoms with van der Waals surface area (Å²) >= 11 is 0. The maximum atomic E-state index is 12.7. The molecule has 1 aromatic carbocycles. The van der Waals surface area contributed by atoms with Gasteiger partial charge in [0, 0.05) is 11.9 Å². The fourth-order valence-electron chi connectivity index (χ4n) is 3.06. The van der Waals surface area contributed by atoms with E-state index in [2.05, 4.69) is 25.3 Å². The summed E-state index contributed by atoms with van der Waals surface area (Å²) in [6.07, 6.45) is -0.410. The summed E-state index contributed by atoms with van der Waals surface area (Å²) in [6.45, 7) is 3.90. The number of rotatable bonds is 5. The maximum absolute atomic E-state index is 12.7. The second kappa shape index (κ2) is 7.85. The fraction of sp³-hybridized carbons (Fsp3) is 0.316. The third-order valence-corrected chi connectivity index (χ3v) is 4.74. The minimum absolute atomic E-state index is 0.176. The van der Waals surface area contributed by atoms with E-state index in [1.807, 2.05) is 13.8 Å². The molecular formula is C19H18F3N7O2. The summed E-state index contributed by atoms with van der Waals surface area (Å²) < 4.78 is 44.8. The van der Waals surface area contributed by atoms with Crippen molar-refractivity contribution in [2.45, 2.75) is 32.1 Å². The number of amides is 1. The van der Waals surface area contributed by atoms with Crippen LogP contribution in [-0.2, 0) is 10.9 Å². The van der Waals surface area contributed by atoms with Gasteiger partial charge < -0.3 is 14.6 Å². The monoisotopic (exact) mass is 433 g/mol. The Morgan fingerprint density at radius 1 is 1.19 bits per heavy atom. The zero-order valence-electron chi connectivity index (χ0n) is 16.5. The Balaban J connectivity index is 1.48. The van der Waals surface area contributed by atoms with Crippen LogP contribution in [0.25, 0.3) is 5.69 Å². The Kier molecular flexibility index (Phi) is 5.21. The molecule has 3 heterocycles. The van der Waals surface area contributed by atoms with Crippen LogP contribution in [0.4, 0.5) is 29.9 Å². The van der Waals surface area contributed by atoms with Crippen LogP contribution in [-0.4, -0.2) is 43.2 Å². The summed E-state index contributed by atoms with van der Waals surface area (Å²) in [7, 11) is 0. The van der Waals surface area contributed by atoms with Crippen LogP contribution in [0, 0.1) is 0 Å². The molecule has 162 valence electrons. The van der Waals surface area contributed by atoms with Crippen LogP contribution < -0.4 is 10.2 Å². The van der Waals surface area contributed by atoms with Crippen LogP contribution >= 0.6 is 0 Å². The molecule has 1 saturated heterocycles. The van der Waals surface area contributed by atoms with Gasteiger partial charge in [-0.05, 0) is 38.1 Å². The fourth-order valence-corrected chi connectivity index (χ4v) is 3.06. The van der Waals surface area contributed by atoms with Crippen molar-refractivity contribution >= 4 is 18.0 Å². The first-order valence-electron chi connectivity index (χ1n) is 9.35. The number of cyclic esters (lactones) is 1. The number of imidazole rings is 1. The Bertz CT molecular complexity index is 1080. The summed E-state index contributed by atoms with van der Waals surface area (Å²) in [5.41, 5.74) is 0.451. The van der Waals surface area contributed by atoms with Gasteiger partial charge >= 0.3 is 12.3 Å². The van der Waals surface area contributed by atoms with E-state index in [4.69, 9.17) is 4.74 Å². The first-order valence-corrected chi connectivity index (χ1v) is 9.35. The van der Waals surface area contributed by atoms with Gasteiger partial charge in [-0.15, -0.1) is 0 Å². The highest BCUT2D eigenvalue weighted by atomic mass is 19.4. The molecule has 2 aromatic heterocycles. The number of nitrogens with one attached hydrogen (secondary N) is 1. The smallest absolute Gasteiger partial charge is 0.417 e. The van der Waals surface area contributed by atoms with Crippen LogP contribution in [0.15, 0.2) is 43.1 Å². The molecule has 1 N–H and O–H groups in total. The average molecular weight is 433 g/mol. The second-order valence-electron chi connectivity index (χ2n) is 7.02. The maximum Gasteiger partial charge on any atom is 0.417 e. The van der Waals surface area contributed by atoms with Crippen molar-refractivity contribution in [2.75, 3.05) is 16.8 Å². The van der Waals surface area contributed by atoms with E-state index in [1.165, 1.54) is 29.7 Å². The molecule has 2 atom stereocenters. The number of ether oxygens (including phenoxy) is 1. The number of benzene rings is 1. The third kappa shape index (κ3) is 4.27. The molecule has 1 fully saturated rings. The van der Waals surface area contributed by atoms with Gasteiger partial charge in [0.2, 0.25) is 11.9 Å². The van der Waals surface area contributed by atoms with Crippen LogP contribution in [0.5, 0.6) is 0 Å². The zero-order valence-corrected chi connectivity index (χ0v) is 16.5. The number of hydrogen-bond donors (Lipinski definition) is 1. The van der Waals surface area contributed by atoms with Gasteiger partial charge in [0.1, 0.15) is 12.9 Å². The lowest BCUT2D eigenvalue weighted by atomic mass is 10.2. The zero-order chi connectivity index (χ0) is 22.2.